The van der Waals surface area contributed by atoms with Crippen LogP contribution in [0.4, 0.5) is 0 Å². The Hall–Kier alpha value is -1.35. The number of piperidine rings is 1. The Kier molecular flexibility index (Phi) is 4.59. The molecule has 0 aromatic heterocycles. The number of hydrogen-bond donors (Lipinski definition) is 1. The molecule has 19 heavy (non-hydrogen) atoms. The summed E-state index contributed by atoms with van der Waals surface area (Å²) in [6, 6.07) is 5.46. The minimum Gasteiger partial charge on any atom is -0.478 e. The third-order valence-corrected chi connectivity index (χ3v) is 4.16. The fourth-order valence-electron chi connectivity index (χ4n) is 2.88. The molecule has 0 saturated carbocycles. The summed E-state index contributed by atoms with van der Waals surface area (Å²) in [6.45, 7) is 7.56. The van der Waals surface area contributed by atoms with E-state index < -0.39 is 5.97 Å². The normalized spacial score (nSPS) is 20.4. The molecule has 1 unspecified atom stereocenters. The summed E-state index contributed by atoms with van der Waals surface area (Å²) in [5.74, 6) is -0.0222. The van der Waals surface area contributed by atoms with Crippen LogP contribution >= 0.6 is 0 Å². The number of likely N-dealkylation sites (tertiary alicyclic amines) is 1. The summed E-state index contributed by atoms with van der Waals surface area (Å²) in [7, 11) is 0. The molecule has 0 radical (unpaired) electrons. The van der Waals surface area contributed by atoms with Crippen molar-refractivity contribution in [3.8, 4) is 0 Å². The fourth-order valence-corrected chi connectivity index (χ4v) is 2.88. The molecule has 2 rings (SSSR count). The summed E-state index contributed by atoms with van der Waals surface area (Å²) in [5.41, 5.74) is 2.71. The first-order valence-corrected chi connectivity index (χ1v) is 7.15. The molecule has 1 aliphatic rings. The van der Waals surface area contributed by atoms with E-state index in [4.69, 9.17) is 5.11 Å². The molecule has 1 heterocycles. The quantitative estimate of drug-likeness (QED) is 0.904. The van der Waals surface area contributed by atoms with E-state index in [1.165, 1.54) is 31.4 Å². The molecule has 104 valence electrons. The van der Waals surface area contributed by atoms with E-state index in [2.05, 4.69) is 11.8 Å². The zero-order chi connectivity index (χ0) is 13.8. The van der Waals surface area contributed by atoms with E-state index in [0.717, 1.165) is 24.6 Å². The van der Waals surface area contributed by atoms with Crippen molar-refractivity contribution in [1.82, 2.24) is 4.90 Å². The van der Waals surface area contributed by atoms with Gasteiger partial charge in [0.25, 0.3) is 0 Å². The van der Waals surface area contributed by atoms with Gasteiger partial charge in [-0.2, -0.15) is 0 Å². The molecule has 0 amide bonds. The molecule has 1 aliphatic heterocycles. The van der Waals surface area contributed by atoms with E-state index in [1.54, 1.807) is 12.1 Å². The maximum absolute atomic E-state index is 10.9. The number of rotatable bonds is 4. The van der Waals surface area contributed by atoms with E-state index in [9.17, 15) is 4.79 Å². The molecule has 3 nitrogen and oxygen atoms in total. The van der Waals surface area contributed by atoms with Crippen LogP contribution in [0.1, 0.15) is 47.7 Å². The van der Waals surface area contributed by atoms with Crippen LogP contribution in [-0.4, -0.2) is 29.1 Å². The zero-order valence-electron chi connectivity index (χ0n) is 11.9. The topological polar surface area (TPSA) is 40.5 Å². The number of aryl methyl sites for hydroxylation is 1. The lowest BCUT2D eigenvalue weighted by atomic mass is 9.95. The highest BCUT2D eigenvalue weighted by Crippen LogP contribution is 2.22. The Morgan fingerprint density at radius 1 is 1.47 bits per heavy atom. The van der Waals surface area contributed by atoms with Crippen LogP contribution in [-0.2, 0) is 6.54 Å². The Bertz CT molecular complexity index is 456. The predicted octanol–water partition coefficient (Wildman–Crippen LogP) is 3.32. The van der Waals surface area contributed by atoms with Crippen LogP contribution in [0.3, 0.4) is 0 Å². The number of benzene rings is 1. The van der Waals surface area contributed by atoms with Crippen LogP contribution < -0.4 is 0 Å². The SMILES string of the molecule is CCC1CCCN(Cc2ccc(C(=O)O)cc2C)C1. The second kappa shape index (κ2) is 6.20. The largest absolute Gasteiger partial charge is 0.478 e. The molecule has 1 aromatic carbocycles. The third kappa shape index (κ3) is 3.57. The van der Waals surface area contributed by atoms with Gasteiger partial charge in [-0.05, 0) is 55.5 Å². The first-order chi connectivity index (χ1) is 9.10. The van der Waals surface area contributed by atoms with Crippen molar-refractivity contribution in [1.29, 1.82) is 0 Å². The molecule has 1 N–H and O–H groups in total. The van der Waals surface area contributed by atoms with Crippen molar-refractivity contribution in [2.24, 2.45) is 5.92 Å². The average Bonchev–Trinajstić information content (AvgIpc) is 2.41. The monoisotopic (exact) mass is 261 g/mol. The lowest BCUT2D eigenvalue weighted by Gasteiger charge is -2.32. The minimum absolute atomic E-state index is 0.381. The average molecular weight is 261 g/mol. The second-order valence-corrected chi connectivity index (χ2v) is 5.60. The Morgan fingerprint density at radius 3 is 2.89 bits per heavy atom. The first-order valence-electron chi connectivity index (χ1n) is 7.15. The molecular weight excluding hydrogens is 238 g/mol. The maximum Gasteiger partial charge on any atom is 0.335 e. The van der Waals surface area contributed by atoms with Gasteiger partial charge in [-0.25, -0.2) is 4.79 Å². The molecule has 0 bridgehead atoms. The van der Waals surface area contributed by atoms with Gasteiger partial charge in [-0.1, -0.05) is 19.4 Å². The smallest absolute Gasteiger partial charge is 0.335 e. The highest BCUT2D eigenvalue weighted by Gasteiger charge is 2.19. The van der Waals surface area contributed by atoms with Crippen LogP contribution in [0.25, 0.3) is 0 Å². The van der Waals surface area contributed by atoms with Crippen LogP contribution in [0.5, 0.6) is 0 Å². The molecule has 3 heteroatoms. The summed E-state index contributed by atoms with van der Waals surface area (Å²) in [6.07, 6.45) is 3.89. The van der Waals surface area contributed by atoms with Crippen LogP contribution in [0, 0.1) is 12.8 Å². The van der Waals surface area contributed by atoms with Gasteiger partial charge < -0.3 is 5.11 Å². The number of carboxylic acid groups (broad SMARTS) is 1. The minimum atomic E-state index is -0.848. The second-order valence-electron chi connectivity index (χ2n) is 5.60. The van der Waals surface area contributed by atoms with Gasteiger partial charge in [-0.15, -0.1) is 0 Å². The third-order valence-electron chi connectivity index (χ3n) is 4.16. The molecule has 0 aliphatic carbocycles. The number of aromatic carboxylic acids is 1. The van der Waals surface area contributed by atoms with Crippen molar-refractivity contribution in [2.45, 2.75) is 39.7 Å². The van der Waals surface area contributed by atoms with Gasteiger partial charge in [0, 0.05) is 13.1 Å². The molecule has 1 saturated heterocycles. The summed E-state index contributed by atoms with van der Waals surface area (Å²) >= 11 is 0. The number of carbonyl (C=O) groups is 1. The lowest BCUT2D eigenvalue weighted by Crippen LogP contribution is -2.34. The Labute approximate surface area is 115 Å². The molecule has 1 atom stereocenters. The van der Waals surface area contributed by atoms with Crippen LogP contribution in [0.15, 0.2) is 18.2 Å². The number of nitrogens with zero attached hydrogens (tertiary/aromatic N) is 1. The number of carboxylic acids is 1. The number of hydrogen-bond acceptors (Lipinski definition) is 2. The summed E-state index contributed by atoms with van der Waals surface area (Å²) in [4.78, 5) is 13.4. The van der Waals surface area contributed by atoms with Crippen molar-refractivity contribution in [3.63, 3.8) is 0 Å². The van der Waals surface area contributed by atoms with Gasteiger partial charge >= 0.3 is 5.97 Å². The van der Waals surface area contributed by atoms with E-state index in [-0.39, 0.29) is 0 Å². The Balaban J connectivity index is 2.04. The zero-order valence-corrected chi connectivity index (χ0v) is 11.9. The van der Waals surface area contributed by atoms with E-state index in [1.807, 2.05) is 13.0 Å². The maximum atomic E-state index is 10.9. The summed E-state index contributed by atoms with van der Waals surface area (Å²) < 4.78 is 0. The van der Waals surface area contributed by atoms with Gasteiger partial charge in [0.1, 0.15) is 0 Å². The molecule has 0 spiro atoms. The van der Waals surface area contributed by atoms with Crippen LogP contribution in [0.2, 0.25) is 0 Å². The Morgan fingerprint density at radius 2 is 2.26 bits per heavy atom. The van der Waals surface area contributed by atoms with Gasteiger partial charge in [0.2, 0.25) is 0 Å². The molecule has 1 aromatic rings. The first kappa shape index (κ1) is 14.1. The van der Waals surface area contributed by atoms with Crippen molar-refractivity contribution in [2.75, 3.05) is 13.1 Å². The highest BCUT2D eigenvalue weighted by atomic mass is 16.4. The van der Waals surface area contributed by atoms with Gasteiger partial charge in [0.05, 0.1) is 5.56 Å². The van der Waals surface area contributed by atoms with E-state index >= 15 is 0 Å². The molecule has 1 fully saturated rings. The fraction of sp³-hybridized carbons (Fsp3) is 0.562. The lowest BCUT2D eigenvalue weighted by molar-refractivity contribution is 0.0696. The van der Waals surface area contributed by atoms with Crippen molar-refractivity contribution >= 4 is 5.97 Å². The standard InChI is InChI=1S/C16H23NO2/c1-3-13-5-4-8-17(10-13)11-15-7-6-14(16(18)19)9-12(15)2/h6-7,9,13H,3-5,8,10-11H2,1-2H3,(H,18,19). The predicted molar refractivity (Wildman–Crippen MR) is 76.4 cm³/mol. The van der Waals surface area contributed by atoms with Crippen molar-refractivity contribution < 1.29 is 9.90 Å². The van der Waals surface area contributed by atoms with Gasteiger partial charge in [0.15, 0.2) is 0 Å². The van der Waals surface area contributed by atoms with E-state index in [0.29, 0.717) is 5.56 Å². The van der Waals surface area contributed by atoms with Crippen molar-refractivity contribution in [3.05, 3.63) is 34.9 Å². The van der Waals surface area contributed by atoms with Gasteiger partial charge in [-0.3, -0.25) is 4.90 Å². The molecular formula is C16H23NO2. The highest BCUT2D eigenvalue weighted by molar-refractivity contribution is 5.87. The summed E-state index contributed by atoms with van der Waals surface area (Å²) in [5, 5.41) is 8.98.